The summed E-state index contributed by atoms with van der Waals surface area (Å²) in [6, 6.07) is 0. The molecule has 0 spiro atoms. The van der Waals surface area contributed by atoms with Crippen LogP contribution in [0.4, 0.5) is 0 Å². The van der Waals surface area contributed by atoms with Crippen LogP contribution in [0, 0.1) is 0 Å². The van der Waals surface area contributed by atoms with E-state index in [2.05, 4.69) is 16.6 Å². The fourth-order valence-electron chi connectivity index (χ4n) is 1.03. The lowest BCUT2D eigenvalue weighted by atomic mass is 10.3. The number of allylic oxidation sites excluding steroid dienone is 3. The Morgan fingerprint density at radius 3 is 3.00 bits per heavy atom. The molecule has 0 N–H and O–H groups in total. The number of carbonyl (C=O) groups excluding carboxylic acids is 1. The van der Waals surface area contributed by atoms with Gasteiger partial charge in [-0.2, -0.15) is 0 Å². The summed E-state index contributed by atoms with van der Waals surface area (Å²) in [5.74, 6) is 0.686. The Balaban J connectivity index is 2.44. The van der Waals surface area contributed by atoms with Crippen molar-refractivity contribution in [3.63, 3.8) is 0 Å². The van der Waals surface area contributed by atoms with Crippen LogP contribution in [0.3, 0.4) is 0 Å². The van der Waals surface area contributed by atoms with Gasteiger partial charge in [0.15, 0.2) is 12.4 Å². The number of Topliss-reactive ketones (excluding diaryl/α,β-unsaturated/α-hetero) is 1. The van der Waals surface area contributed by atoms with E-state index < -0.39 is 0 Å². The Kier molecular flexibility index (Phi) is 4.87. The van der Waals surface area contributed by atoms with Crippen molar-refractivity contribution in [3.8, 4) is 0 Å². The lowest BCUT2D eigenvalue weighted by Crippen LogP contribution is -1.97. The van der Waals surface area contributed by atoms with Crippen molar-refractivity contribution in [1.82, 2.24) is 4.98 Å². The van der Waals surface area contributed by atoms with Crippen LogP contribution >= 0.6 is 0 Å². The Bertz CT molecular complexity index is 444. The summed E-state index contributed by atoms with van der Waals surface area (Å²) in [7, 11) is 0. The van der Waals surface area contributed by atoms with Gasteiger partial charge in [-0.05, 0) is 6.92 Å². The van der Waals surface area contributed by atoms with Crippen LogP contribution < -0.4 is 0 Å². The number of ketones is 1. The molecule has 17 heavy (non-hydrogen) atoms. The number of hydrogen-bond acceptors (Lipinski definition) is 5. The van der Waals surface area contributed by atoms with Crippen molar-refractivity contribution in [2.45, 2.75) is 20.5 Å². The number of nitrogens with zero attached hydrogens (tertiary/aromatic N) is 2. The van der Waals surface area contributed by atoms with Crippen LogP contribution in [0.2, 0.25) is 0 Å². The van der Waals surface area contributed by atoms with Crippen molar-refractivity contribution < 1.29 is 13.9 Å². The number of aromatic nitrogens is 1. The van der Waals surface area contributed by atoms with Gasteiger partial charge in [-0.15, -0.1) is 0 Å². The summed E-state index contributed by atoms with van der Waals surface area (Å²) in [6.07, 6.45) is 6.01. The highest BCUT2D eigenvalue weighted by Gasteiger charge is 2.00. The summed E-state index contributed by atoms with van der Waals surface area (Å²) in [5, 5.41) is 0. The third-order valence-corrected chi connectivity index (χ3v) is 1.85. The first-order chi connectivity index (χ1) is 8.13. The van der Waals surface area contributed by atoms with E-state index in [1.54, 1.807) is 13.0 Å². The van der Waals surface area contributed by atoms with Gasteiger partial charge in [0.05, 0.1) is 12.4 Å². The van der Waals surface area contributed by atoms with E-state index in [1.807, 2.05) is 0 Å². The minimum Gasteiger partial charge on any atom is -0.483 e. The highest BCUT2D eigenvalue weighted by atomic mass is 16.5. The van der Waals surface area contributed by atoms with E-state index in [0.717, 1.165) is 0 Å². The van der Waals surface area contributed by atoms with Crippen LogP contribution in [0.5, 0.6) is 0 Å². The molecule has 0 unspecified atom stereocenters. The molecule has 0 atom stereocenters. The Labute approximate surface area is 99.5 Å². The zero-order valence-corrected chi connectivity index (χ0v) is 9.84. The van der Waals surface area contributed by atoms with Gasteiger partial charge in [0.2, 0.25) is 5.89 Å². The van der Waals surface area contributed by atoms with E-state index >= 15 is 0 Å². The molecular formula is C12H14N2O3. The van der Waals surface area contributed by atoms with Crippen molar-refractivity contribution in [1.29, 1.82) is 0 Å². The maximum atomic E-state index is 11.1. The summed E-state index contributed by atoms with van der Waals surface area (Å²) < 4.78 is 10.2. The number of hydrogen-bond donors (Lipinski definition) is 0. The van der Waals surface area contributed by atoms with Crippen molar-refractivity contribution >= 4 is 12.0 Å². The lowest BCUT2D eigenvalue weighted by molar-refractivity contribution is -0.113. The van der Waals surface area contributed by atoms with Gasteiger partial charge in [-0.1, -0.05) is 12.7 Å². The molecule has 0 aliphatic heterocycles. The van der Waals surface area contributed by atoms with Crippen molar-refractivity contribution in [3.05, 3.63) is 42.5 Å². The summed E-state index contributed by atoms with van der Waals surface area (Å²) in [4.78, 5) is 18.9. The number of oxazole rings is 1. The van der Waals surface area contributed by atoms with Crippen molar-refractivity contribution in [2.24, 2.45) is 4.99 Å². The molecule has 0 bridgehead atoms. The normalized spacial score (nSPS) is 11.8. The predicted molar refractivity (Wildman–Crippen MR) is 63.4 cm³/mol. The minimum atomic E-state index is -0.107. The summed E-state index contributed by atoms with van der Waals surface area (Å²) in [6.45, 7) is 7.01. The number of carbonyl (C=O) groups is 1. The van der Waals surface area contributed by atoms with Crippen LogP contribution in [0.1, 0.15) is 19.7 Å². The first-order valence-electron chi connectivity index (χ1n) is 5.05. The van der Waals surface area contributed by atoms with Gasteiger partial charge in [0.1, 0.15) is 17.7 Å². The molecule has 1 rings (SSSR count). The predicted octanol–water partition coefficient (Wildman–Crippen LogP) is 2.27. The molecule has 0 fully saturated rings. The molecule has 5 heteroatoms. The molecule has 0 saturated heterocycles. The van der Waals surface area contributed by atoms with Gasteiger partial charge in [-0.3, -0.25) is 4.79 Å². The van der Waals surface area contributed by atoms with E-state index in [9.17, 15) is 4.79 Å². The number of aliphatic imine (C=N–C) groups is 1. The molecule has 0 aliphatic carbocycles. The molecule has 0 aliphatic rings. The second-order valence-corrected chi connectivity index (χ2v) is 3.17. The average Bonchev–Trinajstić information content (AvgIpc) is 2.79. The van der Waals surface area contributed by atoms with Gasteiger partial charge in [-0.25, -0.2) is 9.98 Å². The zero-order chi connectivity index (χ0) is 12.7. The quantitative estimate of drug-likeness (QED) is 0.430. The van der Waals surface area contributed by atoms with Gasteiger partial charge in [0, 0.05) is 6.92 Å². The molecule has 1 aromatic rings. The molecule has 5 nitrogen and oxygen atoms in total. The third kappa shape index (κ3) is 4.46. The molecule has 0 radical (unpaired) electrons. The Morgan fingerprint density at radius 1 is 1.71 bits per heavy atom. The standard InChI is InChI=1S/C12H14N2O3/c1-4-11(10(3)15)14-7-9(2)17-8-12-13-5-6-16-12/h4-7H,2,8H2,1,3H3/b11-4-,14-7?. The highest BCUT2D eigenvalue weighted by molar-refractivity contribution is 5.95. The largest absolute Gasteiger partial charge is 0.483 e. The lowest BCUT2D eigenvalue weighted by Gasteiger charge is -2.01. The summed E-state index contributed by atoms with van der Waals surface area (Å²) in [5.41, 5.74) is 0.367. The Morgan fingerprint density at radius 2 is 2.47 bits per heavy atom. The van der Waals surface area contributed by atoms with E-state index in [4.69, 9.17) is 9.15 Å². The first-order valence-corrected chi connectivity index (χ1v) is 5.05. The summed E-state index contributed by atoms with van der Waals surface area (Å²) >= 11 is 0. The van der Waals surface area contributed by atoms with Crippen LogP contribution in [0.15, 0.2) is 46.0 Å². The molecular weight excluding hydrogens is 220 g/mol. The van der Waals surface area contributed by atoms with Crippen LogP contribution in [0.25, 0.3) is 0 Å². The second kappa shape index (κ2) is 6.42. The topological polar surface area (TPSA) is 64.7 Å². The van der Waals surface area contributed by atoms with E-state index in [1.165, 1.54) is 25.6 Å². The van der Waals surface area contributed by atoms with Gasteiger partial charge in [0.25, 0.3) is 0 Å². The van der Waals surface area contributed by atoms with Gasteiger partial charge >= 0.3 is 0 Å². The highest BCUT2D eigenvalue weighted by Crippen LogP contribution is 2.03. The molecule has 0 saturated carbocycles. The fourth-order valence-corrected chi connectivity index (χ4v) is 1.03. The maximum Gasteiger partial charge on any atom is 0.232 e. The minimum absolute atomic E-state index is 0.107. The average molecular weight is 234 g/mol. The molecule has 1 aromatic heterocycles. The fraction of sp³-hybridized carbons (Fsp3) is 0.250. The maximum absolute atomic E-state index is 11.1. The monoisotopic (exact) mass is 234 g/mol. The van der Waals surface area contributed by atoms with Crippen LogP contribution in [-0.4, -0.2) is 17.0 Å². The van der Waals surface area contributed by atoms with Crippen LogP contribution in [-0.2, 0) is 16.1 Å². The molecule has 0 aromatic carbocycles. The molecule has 0 amide bonds. The number of ether oxygens (including phenoxy) is 1. The van der Waals surface area contributed by atoms with E-state index in [-0.39, 0.29) is 12.4 Å². The molecule has 1 heterocycles. The van der Waals surface area contributed by atoms with Crippen molar-refractivity contribution in [2.75, 3.05) is 0 Å². The SMILES string of the molecule is C=C(C=N/C(=C\C)C(C)=O)OCc1ncco1. The smallest absolute Gasteiger partial charge is 0.232 e. The Hall–Kier alpha value is -2.17. The number of rotatable bonds is 6. The molecule has 90 valence electrons. The van der Waals surface area contributed by atoms with Gasteiger partial charge < -0.3 is 9.15 Å². The third-order valence-electron chi connectivity index (χ3n) is 1.85. The second-order valence-electron chi connectivity index (χ2n) is 3.17. The first kappa shape index (κ1) is 12.9. The zero-order valence-electron chi connectivity index (χ0n) is 9.84. The van der Waals surface area contributed by atoms with E-state index in [0.29, 0.717) is 17.3 Å².